The molecule has 0 radical (unpaired) electrons. The van der Waals surface area contributed by atoms with Crippen LogP contribution in [0.4, 0.5) is 0 Å². The number of nitrogens with one attached hydrogen (secondary N) is 1. The van der Waals surface area contributed by atoms with Gasteiger partial charge >= 0.3 is 5.97 Å². The van der Waals surface area contributed by atoms with Gasteiger partial charge in [0.05, 0.1) is 0 Å². The average molecular weight is 249 g/mol. The van der Waals surface area contributed by atoms with Crippen molar-refractivity contribution in [3.63, 3.8) is 0 Å². The minimum Gasteiger partial charge on any atom is -0.480 e. The van der Waals surface area contributed by atoms with E-state index in [1.54, 1.807) is 12.1 Å². The van der Waals surface area contributed by atoms with Gasteiger partial charge in [0.15, 0.2) is 11.8 Å². The molecule has 4 nitrogen and oxygen atoms in total. The molecule has 0 amide bonds. The lowest BCUT2D eigenvalue weighted by Crippen LogP contribution is -2.41. The van der Waals surface area contributed by atoms with E-state index >= 15 is 0 Å². The standard InChI is InChI=1S/C14H19NO3/c1-14(2,3)10-7-5-9(6-8-10)12(16)11(15-4)13(17)18/h5-8,11,15H,1-4H3,(H,17,18). The van der Waals surface area contributed by atoms with Crippen molar-refractivity contribution in [2.45, 2.75) is 32.2 Å². The number of carbonyl (C=O) groups is 2. The number of hydrogen-bond acceptors (Lipinski definition) is 3. The minimum absolute atomic E-state index is 0.0107. The third-order valence-electron chi connectivity index (χ3n) is 2.83. The molecule has 0 aromatic heterocycles. The molecule has 4 heteroatoms. The molecule has 0 saturated carbocycles. The molecule has 1 rings (SSSR count). The second-order valence-corrected chi connectivity index (χ2v) is 5.25. The molecule has 0 spiro atoms. The van der Waals surface area contributed by atoms with E-state index in [0.717, 1.165) is 5.56 Å². The Bertz CT molecular complexity index is 443. The molecule has 1 aromatic carbocycles. The third kappa shape index (κ3) is 3.17. The number of carbonyl (C=O) groups excluding carboxylic acids is 1. The van der Waals surface area contributed by atoms with Crippen molar-refractivity contribution < 1.29 is 14.7 Å². The molecule has 0 aliphatic rings. The first-order valence-corrected chi connectivity index (χ1v) is 5.82. The van der Waals surface area contributed by atoms with Crippen LogP contribution in [0.25, 0.3) is 0 Å². The fourth-order valence-corrected chi connectivity index (χ4v) is 1.67. The lowest BCUT2D eigenvalue weighted by molar-refractivity contribution is -0.137. The molecule has 18 heavy (non-hydrogen) atoms. The van der Waals surface area contributed by atoms with Crippen LogP contribution in [-0.4, -0.2) is 29.9 Å². The topological polar surface area (TPSA) is 66.4 Å². The Balaban J connectivity index is 2.99. The van der Waals surface area contributed by atoms with Gasteiger partial charge in [0.2, 0.25) is 0 Å². The van der Waals surface area contributed by atoms with Crippen LogP contribution in [0.2, 0.25) is 0 Å². The third-order valence-corrected chi connectivity index (χ3v) is 2.83. The van der Waals surface area contributed by atoms with Crippen molar-refractivity contribution in [2.75, 3.05) is 7.05 Å². The summed E-state index contributed by atoms with van der Waals surface area (Å²) in [5.41, 5.74) is 1.52. The van der Waals surface area contributed by atoms with Crippen molar-refractivity contribution in [3.05, 3.63) is 35.4 Å². The number of benzene rings is 1. The Labute approximate surface area is 107 Å². The molecule has 0 heterocycles. The van der Waals surface area contributed by atoms with Crippen molar-refractivity contribution >= 4 is 11.8 Å². The van der Waals surface area contributed by atoms with E-state index in [1.807, 2.05) is 12.1 Å². The molecular weight excluding hydrogens is 230 g/mol. The largest absolute Gasteiger partial charge is 0.480 e. The highest BCUT2D eigenvalue weighted by Gasteiger charge is 2.25. The van der Waals surface area contributed by atoms with Crippen LogP contribution < -0.4 is 5.32 Å². The first kappa shape index (κ1) is 14.4. The number of hydrogen-bond donors (Lipinski definition) is 2. The van der Waals surface area contributed by atoms with Crippen LogP contribution in [0.15, 0.2) is 24.3 Å². The van der Waals surface area contributed by atoms with Crippen molar-refractivity contribution in [2.24, 2.45) is 0 Å². The molecule has 0 aliphatic heterocycles. The second kappa shape index (κ2) is 5.31. The lowest BCUT2D eigenvalue weighted by Gasteiger charge is -2.19. The summed E-state index contributed by atoms with van der Waals surface area (Å²) in [6, 6.07) is 5.89. The van der Waals surface area contributed by atoms with Gasteiger partial charge in [0, 0.05) is 5.56 Å². The highest BCUT2D eigenvalue weighted by atomic mass is 16.4. The first-order chi connectivity index (χ1) is 8.27. The lowest BCUT2D eigenvalue weighted by atomic mass is 9.86. The Kier molecular flexibility index (Phi) is 4.24. The molecule has 0 bridgehead atoms. The molecular formula is C14H19NO3. The summed E-state index contributed by atoms with van der Waals surface area (Å²) in [4.78, 5) is 22.8. The van der Waals surface area contributed by atoms with E-state index in [9.17, 15) is 9.59 Å². The zero-order valence-corrected chi connectivity index (χ0v) is 11.2. The van der Waals surface area contributed by atoms with Crippen molar-refractivity contribution in [3.8, 4) is 0 Å². The predicted molar refractivity (Wildman–Crippen MR) is 70.0 cm³/mol. The summed E-state index contributed by atoms with van der Waals surface area (Å²) < 4.78 is 0. The molecule has 2 N–H and O–H groups in total. The quantitative estimate of drug-likeness (QED) is 0.631. The molecule has 1 atom stereocenters. The number of likely N-dealkylation sites (N-methyl/N-ethyl adjacent to an activating group) is 1. The van der Waals surface area contributed by atoms with Gasteiger partial charge in [-0.25, -0.2) is 0 Å². The Morgan fingerprint density at radius 2 is 1.67 bits per heavy atom. The van der Waals surface area contributed by atoms with Crippen LogP contribution in [0.5, 0.6) is 0 Å². The summed E-state index contributed by atoms with van der Waals surface area (Å²) in [5.74, 6) is -1.59. The van der Waals surface area contributed by atoms with Gasteiger partial charge in [0.25, 0.3) is 0 Å². The van der Waals surface area contributed by atoms with Crippen LogP contribution in [0.3, 0.4) is 0 Å². The van der Waals surface area contributed by atoms with Crippen LogP contribution in [0.1, 0.15) is 36.7 Å². The van der Waals surface area contributed by atoms with Crippen molar-refractivity contribution in [1.82, 2.24) is 5.32 Å². The molecule has 98 valence electrons. The number of carboxylic acids is 1. The fourth-order valence-electron chi connectivity index (χ4n) is 1.67. The first-order valence-electron chi connectivity index (χ1n) is 5.82. The van der Waals surface area contributed by atoms with E-state index in [-0.39, 0.29) is 5.41 Å². The summed E-state index contributed by atoms with van der Waals surface area (Å²) in [6.07, 6.45) is 0. The SMILES string of the molecule is CNC(C(=O)O)C(=O)c1ccc(C(C)(C)C)cc1. The second-order valence-electron chi connectivity index (χ2n) is 5.25. The zero-order valence-electron chi connectivity index (χ0n) is 11.2. The van der Waals surface area contributed by atoms with Gasteiger partial charge in [-0.15, -0.1) is 0 Å². The number of Topliss-reactive ketones (excluding diaryl/α,β-unsaturated/α-hetero) is 1. The van der Waals surface area contributed by atoms with E-state index in [1.165, 1.54) is 7.05 Å². The summed E-state index contributed by atoms with van der Waals surface area (Å²) in [6.45, 7) is 6.24. The number of aliphatic carboxylic acids is 1. The van der Waals surface area contributed by atoms with Gasteiger partial charge < -0.3 is 10.4 Å². The Morgan fingerprint density at radius 3 is 2.00 bits per heavy atom. The molecule has 1 aromatic rings. The number of ketones is 1. The molecule has 1 unspecified atom stereocenters. The maximum atomic E-state index is 11.9. The molecule has 0 saturated heterocycles. The van der Waals surface area contributed by atoms with Crippen LogP contribution in [-0.2, 0) is 10.2 Å². The highest BCUT2D eigenvalue weighted by Crippen LogP contribution is 2.22. The van der Waals surface area contributed by atoms with E-state index in [2.05, 4.69) is 26.1 Å². The molecule has 0 fully saturated rings. The summed E-state index contributed by atoms with van der Waals surface area (Å²) in [5, 5.41) is 11.4. The predicted octanol–water partition coefficient (Wildman–Crippen LogP) is 1.84. The average Bonchev–Trinajstić information content (AvgIpc) is 2.28. The van der Waals surface area contributed by atoms with E-state index < -0.39 is 17.8 Å². The van der Waals surface area contributed by atoms with E-state index in [0.29, 0.717) is 5.56 Å². The van der Waals surface area contributed by atoms with Crippen molar-refractivity contribution in [1.29, 1.82) is 0 Å². The summed E-state index contributed by atoms with van der Waals surface area (Å²) in [7, 11) is 1.46. The molecule has 0 aliphatic carbocycles. The summed E-state index contributed by atoms with van der Waals surface area (Å²) >= 11 is 0. The monoisotopic (exact) mass is 249 g/mol. The van der Waals surface area contributed by atoms with Gasteiger partial charge in [-0.2, -0.15) is 0 Å². The van der Waals surface area contributed by atoms with Gasteiger partial charge in [-0.05, 0) is 18.0 Å². The van der Waals surface area contributed by atoms with Crippen LogP contribution >= 0.6 is 0 Å². The zero-order chi connectivity index (χ0) is 13.9. The Morgan fingerprint density at radius 1 is 1.17 bits per heavy atom. The maximum absolute atomic E-state index is 11.9. The van der Waals surface area contributed by atoms with Gasteiger partial charge in [0.1, 0.15) is 0 Å². The highest BCUT2D eigenvalue weighted by molar-refractivity contribution is 6.11. The fraction of sp³-hybridized carbons (Fsp3) is 0.429. The van der Waals surface area contributed by atoms with Gasteiger partial charge in [-0.3, -0.25) is 9.59 Å². The smallest absolute Gasteiger partial charge is 0.328 e. The maximum Gasteiger partial charge on any atom is 0.328 e. The van der Waals surface area contributed by atoms with E-state index in [4.69, 9.17) is 5.11 Å². The minimum atomic E-state index is -1.19. The van der Waals surface area contributed by atoms with Crippen LogP contribution in [0, 0.1) is 0 Å². The Hall–Kier alpha value is -1.68. The van der Waals surface area contributed by atoms with Gasteiger partial charge in [-0.1, -0.05) is 45.0 Å². The normalized spacial score (nSPS) is 13.1. The number of carboxylic acid groups (broad SMARTS) is 1. The number of rotatable bonds is 4.